The second kappa shape index (κ2) is 5.90. The zero-order valence-corrected chi connectivity index (χ0v) is 12.7. The van der Waals surface area contributed by atoms with Gasteiger partial charge in [0.15, 0.2) is 0 Å². The van der Waals surface area contributed by atoms with E-state index in [1.807, 2.05) is 0 Å². The quantitative estimate of drug-likeness (QED) is 0.843. The lowest BCUT2D eigenvalue weighted by atomic mass is 10.3. The normalized spacial score (nSPS) is 11.6. The molecule has 0 unspecified atom stereocenters. The van der Waals surface area contributed by atoms with Gasteiger partial charge in [-0.05, 0) is 34.1 Å². The molecule has 1 aromatic carbocycles. The van der Waals surface area contributed by atoms with Gasteiger partial charge in [0.05, 0.1) is 18.4 Å². The van der Waals surface area contributed by atoms with Gasteiger partial charge in [-0.3, -0.25) is 9.40 Å². The molecule has 9 heteroatoms. The van der Waals surface area contributed by atoms with E-state index in [0.717, 1.165) is 0 Å². The maximum Gasteiger partial charge on any atom is 0.265 e. The molecule has 0 amide bonds. The zero-order valence-electron chi connectivity index (χ0n) is 10.3. The van der Waals surface area contributed by atoms with Crippen LogP contribution in [0.2, 0.25) is 0 Å². The van der Waals surface area contributed by atoms with Crippen molar-refractivity contribution in [2.45, 2.75) is 11.4 Å². The predicted molar refractivity (Wildman–Crippen MR) is 76.2 cm³/mol. The van der Waals surface area contributed by atoms with Crippen LogP contribution in [0.15, 0.2) is 40.0 Å². The summed E-state index contributed by atoms with van der Waals surface area (Å²) in [5.41, 5.74) is 5.62. The van der Waals surface area contributed by atoms with Crippen LogP contribution in [0, 0.1) is 5.82 Å². The molecule has 0 radical (unpaired) electrons. The number of sulfonamides is 1. The summed E-state index contributed by atoms with van der Waals surface area (Å²) in [5.74, 6) is -0.462. The molecule has 1 heterocycles. The molecule has 0 aliphatic heterocycles. The first kappa shape index (κ1) is 14.9. The Bertz CT molecular complexity index is 717. The molecule has 0 saturated carbocycles. The number of rotatable bonds is 5. The fourth-order valence-corrected chi connectivity index (χ4v) is 3.13. The van der Waals surface area contributed by atoms with Crippen LogP contribution in [0.25, 0.3) is 0 Å². The Morgan fingerprint density at radius 2 is 2.20 bits per heavy atom. The summed E-state index contributed by atoms with van der Waals surface area (Å²) in [6.45, 7) is 0.786. The van der Waals surface area contributed by atoms with Crippen LogP contribution in [-0.4, -0.2) is 24.7 Å². The van der Waals surface area contributed by atoms with Crippen LogP contribution in [0.5, 0.6) is 0 Å². The van der Waals surface area contributed by atoms with E-state index < -0.39 is 15.8 Å². The Kier molecular flexibility index (Phi) is 4.41. The summed E-state index contributed by atoms with van der Waals surface area (Å²) in [4.78, 5) is 0.0159. The molecule has 0 bridgehead atoms. The Morgan fingerprint density at radius 1 is 1.45 bits per heavy atom. The number of nitrogens with two attached hydrogens (primary N) is 1. The zero-order chi connectivity index (χ0) is 14.8. The maximum atomic E-state index is 13.0. The van der Waals surface area contributed by atoms with E-state index in [4.69, 9.17) is 5.73 Å². The molecule has 0 aliphatic carbocycles. The minimum absolute atomic E-state index is 0.0159. The Morgan fingerprint density at radius 3 is 2.85 bits per heavy atom. The van der Waals surface area contributed by atoms with Crippen molar-refractivity contribution in [2.75, 3.05) is 11.3 Å². The lowest BCUT2D eigenvalue weighted by Crippen LogP contribution is -2.13. The van der Waals surface area contributed by atoms with Gasteiger partial charge in [0.1, 0.15) is 10.7 Å². The van der Waals surface area contributed by atoms with E-state index in [9.17, 15) is 12.8 Å². The van der Waals surface area contributed by atoms with Crippen LogP contribution >= 0.6 is 15.9 Å². The second-order valence-electron chi connectivity index (χ2n) is 3.96. The van der Waals surface area contributed by atoms with Gasteiger partial charge in [0.2, 0.25) is 0 Å². The molecular formula is C11H12BrFN4O2S. The third-order valence-electron chi connectivity index (χ3n) is 2.45. The average Bonchev–Trinajstić information content (AvgIpc) is 2.83. The van der Waals surface area contributed by atoms with Crippen molar-refractivity contribution in [3.05, 3.63) is 40.9 Å². The topological polar surface area (TPSA) is 90.0 Å². The SMILES string of the molecule is NCCn1cc(S(=O)(=O)Nc2ccc(F)cc2Br)cn1. The fourth-order valence-electron chi connectivity index (χ4n) is 1.51. The lowest BCUT2D eigenvalue weighted by molar-refractivity contribution is 0.599. The molecule has 0 spiro atoms. The molecule has 3 N–H and O–H groups in total. The van der Waals surface area contributed by atoms with Crippen LogP contribution < -0.4 is 10.5 Å². The van der Waals surface area contributed by atoms with Crippen molar-refractivity contribution in [2.24, 2.45) is 5.73 Å². The molecular weight excluding hydrogens is 351 g/mol. The number of nitrogens with zero attached hydrogens (tertiary/aromatic N) is 2. The van der Waals surface area contributed by atoms with Gasteiger partial charge in [-0.2, -0.15) is 5.10 Å². The van der Waals surface area contributed by atoms with E-state index in [2.05, 4.69) is 25.8 Å². The highest BCUT2D eigenvalue weighted by Gasteiger charge is 2.18. The highest BCUT2D eigenvalue weighted by Crippen LogP contribution is 2.25. The van der Waals surface area contributed by atoms with Crippen molar-refractivity contribution in [1.82, 2.24) is 9.78 Å². The van der Waals surface area contributed by atoms with Gasteiger partial charge in [-0.25, -0.2) is 12.8 Å². The molecule has 2 aromatic rings. The third kappa shape index (κ3) is 3.35. The van der Waals surface area contributed by atoms with E-state index in [1.165, 1.54) is 35.3 Å². The van der Waals surface area contributed by atoms with Crippen LogP contribution in [0.4, 0.5) is 10.1 Å². The minimum atomic E-state index is -3.77. The Hall–Kier alpha value is -1.45. The first-order chi connectivity index (χ1) is 9.42. The number of anilines is 1. The molecule has 0 aliphatic rings. The third-order valence-corrected chi connectivity index (χ3v) is 4.43. The molecule has 0 saturated heterocycles. The summed E-state index contributed by atoms with van der Waals surface area (Å²) in [6.07, 6.45) is 2.61. The first-order valence-corrected chi connectivity index (χ1v) is 7.90. The van der Waals surface area contributed by atoms with Gasteiger partial charge in [0, 0.05) is 17.2 Å². The fraction of sp³-hybridized carbons (Fsp3) is 0.182. The van der Waals surface area contributed by atoms with Crippen molar-refractivity contribution >= 4 is 31.6 Å². The van der Waals surface area contributed by atoms with Crippen molar-refractivity contribution in [3.8, 4) is 0 Å². The number of benzene rings is 1. The van der Waals surface area contributed by atoms with Gasteiger partial charge in [0.25, 0.3) is 10.0 Å². The van der Waals surface area contributed by atoms with Gasteiger partial charge < -0.3 is 5.73 Å². The Labute approximate surface area is 124 Å². The average molecular weight is 363 g/mol. The lowest BCUT2D eigenvalue weighted by Gasteiger charge is -2.08. The molecule has 20 heavy (non-hydrogen) atoms. The highest BCUT2D eigenvalue weighted by molar-refractivity contribution is 9.10. The summed E-state index contributed by atoms with van der Waals surface area (Å²) in [7, 11) is -3.77. The summed E-state index contributed by atoms with van der Waals surface area (Å²) >= 11 is 3.10. The maximum absolute atomic E-state index is 13.0. The van der Waals surface area contributed by atoms with Crippen LogP contribution in [0.1, 0.15) is 0 Å². The smallest absolute Gasteiger partial charge is 0.265 e. The summed E-state index contributed by atoms with van der Waals surface area (Å²) < 4.78 is 41.4. The standard InChI is InChI=1S/C11H12BrFN4O2S/c12-10-5-8(13)1-2-11(10)16-20(18,19)9-6-15-17(7-9)4-3-14/h1-2,5-7,16H,3-4,14H2. The van der Waals surface area contributed by atoms with Gasteiger partial charge in [-0.1, -0.05) is 0 Å². The molecule has 2 rings (SSSR count). The summed E-state index contributed by atoms with van der Waals surface area (Å²) in [6, 6.07) is 3.68. The predicted octanol–water partition coefficient (Wildman–Crippen LogP) is 1.54. The molecule has 0 fully saturated rings. The van der Waals surface area contributed by atoms with E-state index in [1.54, 1.807) is 0 Å². The first-order valence-electron chi connectivity index (χ1n) is 5.63. The number of halogens is 2. The molecule has 1 aromatic heterocycles. The molecule has 0 atom stereocenters. The van der Waals surface area contributed by atoms with Crippen molar-refractivity contribution in [3.63, 3.8) is 0 Å². The van der Waals surface area contributed by atoms with E-state index >= 15 is 0 Å². The minimum Gasteiger partial charge on any atom is -0.329 e. The molecule has 6 nitrogen and oxygen atoms in total. The van der Waals surface area contributed by atoms with Crippen LogP contribution in [-0.2, 0) is 16.6 Å². The van der Waals surface area contributed by atoms with Crippen molar-refractivity contribution < 1.29 is 12.8 Å². The number of nitrogens with one attached hydrogen (secondary N) is 1. The molecule has 108 valence electrons. The number of hydrogen-bond acceptors (Lipinski definition) is 4. The van der Waals surface area contributed by atoms with Gasteiger partial charge in [-0.15, -0.1) is 0 Å². The number of hydrogen-bond donors (Lipinski definition) is 2. The second-order valence-corrected chi connectivity index (χ2v) is 6.49. The monoisotopic (exact) mass is 362 g/mol. The number of aromatic nitrogens is 2. The van der Waals surface area contributed by atoms with Crippen LogP contribution in [0.3, 0.4) is 0 Å². The Balaban J connectivity index is 2.26. The summed E-state index contributed by atoms with van der Waals surface area (Å²) in [5, 5.41) is 3.90. The highest BCUT2D eigenvalue weighted by atomic mass is 79.9. The van der Waals surface area contributed by atoms with E-state index in [-0.39, 0.29) is 10.6 Å². The van der Waals surface area contributed by atoms with Gasteiger partial charge >= 0.3 is 0 Å². The van der Waals surface area contributed by atoms with E-state index in [0.29, 0.717) is 17.6 Å². The van der Waals surface area contributed by atoms with Crippen molar-refractivity contribution in [1.29, 1.82) is 0 Å². The largest absolute Gasteiger partial charge is 0.329 e.